The Morgan fingerprint density at radius 2 is 2.06 bits per heavy atom. The van der Waals surface area contributed by atoms with Crippen LogP contribution < -0.4 is 5.32 Å². The maximum atomic E-state index is 13.8. The quantitative estimate of drug-likeness (QED) is 0.506. The van der Waals surface area contributed by atoms with Crippen LogP contribution in [0.1, 0.15) is 76.7 Å². The summed E-state index contributed by atoms with van der Waals surface area (Å²) in [5.41, 5.74) is 1.48. The van der Waals surface area contributed by atoms with Crippen LogP contribution in [-0.2, 0) is 20.8 Å². The number of alkyl carbamates (subject to hydrolysis) is 1. The van der Waals surface area contributed by atoms with Gasteiger partial charge in [-0.15, -0.1) is 0 Å². The monoisotopic (exact) mass is 501 g/mol. The van der Waals surface area contributed by atoms with E-state index in [0.717, 1.165) is 48.1 Å². The number of rotatable bonds is 9. The second-order valence-corrected chi connectivity index (χ2v) is 10.6. The fourth-order valence-electron chi connectivity index (χ4n) is 4.99. The van der Waals surface area contributed by atoms with E-state index >= 15 is 0 Å². The molecule has 1 aliphatic carbocycles. The van der Waals surface area contributed by atoms with Gasteiger partial charge < -0.3 is 24.8 Å². The molecule has 4 rings (SSSR count). The maximum absolute atomic E-state index is 13.8. The lowest BCUT2D eigenvalue weighted by Gasteiger charge is -2.39. The van der Waals surface area contributed by atoms with Crippen LogP contribution in [0.15, 0.2) is 12.1 Å². The van der Waals surface area contributed by atoms with E-state index in [1.54, 1.807) is 13.8 Å². The van der Waals surface area contributed by atoms with Crippen LogP contribution in [0.5, 0.6) is 0 Å². The lowest BCUT2D eigenvalue weighted by Crippen LogP contribution is -2.50. The molecule has 0 bridgehead atoms. The molecule has 0 aromatic carbocycles. The molecule has 2 fully saturated rings. The molecule has 10 heteroatoms. The van der Waals surface area contributed by atoms with Gasteiger partial charge in [-0.1, -0.05) is 0 Å². The van der Waals surface area contributed by atoms with Crippen molar-refractivity contribution in [1.82, 2.24) is 25.0 Å². The van der Waals surface area contributed by atoms with E-state index < -0.39 is 17.8 Å². The Bertz CT molecular complexity index is 1090. The van der Waals surface area contributed by atoms with E-state index in [1.165, 1.54) is 7.11 Å². The van der Waals surface area contributed by atoms with Crippen LogP contribution in [0.2, 0.25) is 0 Å². The first-order valence-electron chi connectivity index (χ1n) is 13.0. The van der Waals surface area contributed by atoms with Gasteiger partial charge in [-0.3, -0.25) is 4.79 Å². The molecule has 0 unspecified atom stereocenters. The molecule has 1 saturated carbocycles. The van der Waals surface area contributed by atoms with E-state index in [1.807, 2.05) is 35.6 Å². The number of carbonyl (C=O) groups is 2. The first-order chi connectivity index (χ1) is 17.1. The van der Waals surface area contributed by atoms with Gasteiger partial charge in [0.05, 0.1) is 30.6 Å². The number of aryl methyl sites for hydroxylation is 2. The number of carbonyl (C=O) groups excluding carboxylic acids is 2. The molecule has 1 saturated heterocycles. The fourth-order valence-corrected chi connectivity index (χ4v) is 4.99. The normalized spacial score (nSPS) is 21.3. The molecule has 2 aromatic heterocycles. The SMILES string of the molecule is COC(=O)NCCCn1nc([C@@H](C)N(C(=O)[C@H]2CCC[C@@H](C(C)(C)O)O2)C2CC2)c2ccc(C)nc21. The fraction of sp³-hybridized carbons (Fsp3) is 0.692. The lowest BCUT2D eigenvalue weighted by molar-refractivity contribution is -0.172. The smallest absolute Gasteiger partial charge is 0.406 e. The highest BCUT2D eigenvalue weighted by Gasteiger charge is 2.43. The molecule has 198 valence electrons. The third-order valence-corrected chi connectivity index (χ3v) is 7.10. The van der Waals surface area contributed by atoms with Gasteiger partial charge in [0.25, 0.3) is 5.91 Å². The van der Waals surface area contributed by atoms with Crippen molar-refractivity contribution in [3.05, 3.63) is 23.5 Å². The van der Waals surface area contributed by atoms with Crippen molar-refractivity contribution in [3.63, 3.8) is 0 Å². The van der Waals surface area contributed by atoms with Gasteiger partial charge in [0, 0.05) is 30.2 Å². The third kappa shape index (κ3) is 5.81. The highest BCUT2D eigenvalue weighted by Crippen LogP contribution is 2.38. The Hall–Kier alpha value is -2.72. The third-order valence-electron chi connectivity index (χ3n) is 7.10. The minimum Gasteiger partial charge on any atom is -0.453 e. The van der Waals surface area contributed by atoms with Crippen LogP contribution in [0.25, 0.3) is 11.0 Å². The summed E-state index contributed by atoms with van der Waals surface area (Å²) in [6.07, 6.45) is 3.46. The topological polar surface area (TPSA) is 119 Å². The van der Waals surface area contributed by atoms with E-state index in [4.69, 9.17) is 14.8 Å². The van der Waals surface area contributed by atoms with E-state index in [0.29, 0.717) is 25.9 Å². The van der Waals surface area contributed by atoms with Crippen LogP contribution in [0, 0.1) is 6.92 Å². The molecule has 10 nitrogen and oxygen atoms in total. The van der Waals surface area contributed by atoms with Gasteiger partial charge in [0.2, 0.25) is 0 Å². The number of methoxy groups -OCH3 is 1. The largest absolute Gasteiger partial charge is 0.453 e. The zero-order chi connectivity index (χ0) is 26.0. The molecule has 3 heterocycles. The molecule has 1 aliphatic heterocycles. The van der Waals surface area contributed by atoms with Crippen molar-refractivity contribution in [2.24, 2.45) is 0 Å². The predicted molar refractivity (Wildman–Crippen MR) is 134 cm³/mol. The summed E-state index contributed by atoms with van der Waals surface area (Å²) in [6, 6.07) is 3.90. The van der Waals surface area contributed by atoms with Crippen molar-refractivity contribution in [2.75, 3.05) is 13.7 Å². The molecule has 3 atom stereocenters. The number of amides is 2. The van der Waals surface area contributed by atoms with Crippen LogP contribution in [0.3, 0.4) is 0 Å². The first-order valence-corrected chi connectivity index (χ1v) is 13.0. The minimum atomic E-state index is -0.990. The Balaban J connectivity index is 1.57. The number of nitrogens with zero attached hydrogens (tertiary/aromatic N) is 4. The van der Waals surface area contributed by atoms with Crippen LogP contribution in [-0.4, -0.2) is 74.3 Å². The minimum absolute atomic E-state index is 0.0241. The molecule has 2 aliphatic rings. The first kappa shape index (κ1) is 26.3. The summed E-state index contributed by atoms with van der Waals surface area (Å²) in [5, 5.41) is 19.0. The number of ether oxygens (including phenoxy) is 2. The standard InChI is InChI=1S/C26H39N5O5/c1-16-10-13-19-22(29-30(23(19)28-16)15-7-14-27-25(33)35-5)17(2)31(18-11-12-18)24(32)20-8-6-9-21(36-20)26(3,4)34/h10,13,17-18,20-21,34H,6-9,11-12,14-15H2,1-5H3,(H,27,33)/t17-,20-,21+/m1/s1. The van der Waals surface area contributed by atoms with Gasteiger partial charge in [-0.05, 0) is 78.4 Å². The van der Waals surface area contributed by atoms with Crippen molar-refractivity contribution in [3.8, 4) is 0 Å². The molecule has 2 N–H and O–H groups in total. The maximum Gasteiger partial charge on any atom is 0.406 e. The number of pyridine rings is 1. The second kappa shape index (κ2) is 10.7. The van der Waals surface area contributed by atoms with E-state index in [2.05, 4.69) is 10.1 Å². The average Bonchev–Trinajstić information content (AvgIpc) is 3.62. The molecular formula is C26H39N5O5. The second-order valence-electron chi connectivity index (χ2n) is 10.6. The molecule has 2 aromatic rings. The number of nitrogens with one attached hydrogen (secondary N) is 1. The van der Waals surface area contributed by atoms with Crippen molar-refractivity contribution in [2.45, 2.75) is 103 Å². The number of hydrogen-bond donors (Lipinski definition) is 2. The summed E-state index contributed by atoms with van der Waals surface area (Å²) in [4.78, 5) is 31.8. The highest BCUT2D eigenvalue weighted by molar-refractivity contribution is 5.84. The lowest BCUT2D eigenvalue weighted by atomic mass is 9.92. The zero-order valence-electron chi connectivity index (χ0n) is 22.0. The summed E-state index contributed by atoms with van der Waals surface area (Å²) < 4.78 is 12.6. The highest BCUT2D eigenvalue weighted by atomic mass is 16.5. The predicted octanol–water partition coefficient (Wildman–Crippen LogP) is 3.25. The average molecular weight is 502 g/mol. The number of hydrogen-bond acceptors (Lipinski definition) is 7. The summed E-state index contributed by atoms with van der Waals surface area (Å²) in [6.45, 7) is 8.47. The van der Waals surface area contributed by atoms with Gasteiger partial charge in [-0.2, -0.15) is 5.10 Å². The Morgan fingerprint density at radius 3 is 2.72 bits per heavy atom. The Morgan fingerprint density at radius 1 is 1.31 bits per heavy atom. The summed E-state index contributed by atoms with van der Waals surface area (Å²) in [7, 11) is 1.34. The van der Waals surface area contributed by atoms with Gasteiger partial charge in [0.1, 0.15) is 6.10 Å². The Kier molecular flexibility index (Phi) is 7.85. The van der Waals surface area contributed by atoms with Crippen molar-refractivity contribution < 1.29 is 24.2 Å². The van der Waals surface area contributed by atoms with Gasteiger partial charge >= 0.3 is 6.09 Å². The van der Waals surface area contributed by atoms with Gasteiger partial charge in [0.15, 0.2) is 5.65 Å². The van der Waals surface area contributed by atoms with Crippen LogP contribution >= 0.6 is 0 Å². The molecule has 0 radical (unpaired) electrons. The van der Waals surface area contributed by atoms with Crippen molar-refractivity contribution in [1.29, 1.82) is 0 Å². The van der Waals surface area contributed by atoms with Crippen LogP contribution in [0.4, 0.5) is 4.79 Å². The van der Waals surface area contributed by atoms with E-state index in [9.17, 15) is 14.7 Å². The number of aliphatic hydroxyl groups is 1. The van der Waals surface area contributed by atoms with Gasteiger partial charge in [-0.25, -0.2) is 14.5 Å². The molecule has 0 spiro atoms. The summed E-state index contributed by atoms with van der Waals surface area (Å²) in [5.74, 6) is -0.0241. The molecule has 2 amide bonds. The Labute approximate surface area is 212 Å². The molecule has 36 heavy (non-hydrogen) atoms. The zero-order valence-corrected chi connectivity index (χ0v) is 22.0. The van der Waals surface area contributed by atoms with Crippen molar-refractivity contribution >= 4 is 23.0 Å². The number of aromatic nitrogens is 3. The van der Waals surface area contributed by atoms with E-state index in [-0.39, 0.29) is 24.1 Å². The number of fused-ring (bicyclic) bond motifs is 1. The molecular weight excluding hydrogens is 462 g/mol. The summed E-state index contributed by atoms with van der Waals surface area (Å²) >= 11 is 0.